The van der Waals surface area contributed by atoms with E-state index in [2.05, 4.69) is 5.32 Å². The van der Waals surface area contributed by atoms with Crippen molar-refractivity contribution in [2.24, 2.45) is 5.92 Å². The lowest BCUT2D eigenvalue weighted by Gasteiger charge is -2.21. The molecular weight excluding hydrogens is 278 g/mol. The largest absolute Gasteiger partial charge is 0.448 e. The van der Waals surface area contributed by atoms with Crippen molar-refractivity contribution in [1.29, 1.82) is 0 Å². The summed E-state index contributed by atoms with van der Waals surface area (Å²) in [4.78, 5) is 12.1. The molecule has 1 amide bonds. The summed E-state index contributed by atoms with van der Waals surface area (Å²) in [5.74, 6) is 1.81. The molecule has 0 saturated heterocycles. The first-order valence-corrected chi connectivity index (χ1v) is 8.54. The molecule has 1 aromatic carbocycles. The molecule has 2 fully saturated rings. The molecule has 22 heavy (non-hydrogen) atoms. The lowest BCUT2D eigenvalue weighted by molar-refractivity contribution is -0.117. The molecule has 0 unspecified atom stereocenters. The van der Waals surface area contributed by atoms with E-state index in [1.165, 1.54) is 25.7 Å². The fourth-order valence-corrected chi connectivity index (χ4v) is 3.98. The first-order chi connectivity index (χ1) is 10.7. The van der Waals surface area contributed by atoms with Gasteiger partial charge in [0, 0.05) is 31.0 Å². The number of benzene rings is 1. The molecule has 1 spiro atoms. The summed E-state index contributed by atoms with van der Waals surface area (Å²) in [6.45, 7) is 0. The second-order valence-corrected chi connectivity index (χ2v) is 6.89. The smallest absolute Gasteiger partial charge is 0.251 e. The van der Waals surface area contributed by atoms with E-state index < -0.39 is 5.79 Å². The maximum absolute atomic E-state index is 12.1. The van der Waals surface area contributed by atoms with Crippen molar-refractivity contribution >= 4 is 11.6 Å². The molecule has 3 aliphatic rings. The van der Waals surface area contributed by atoms with Crippen molar-refractivity contribution in [1.82, 2.24) is 0 Å². The molecule has 0 bridgehead atoms. The van der Waals surface area contributed by atoms with Gasteiger partial charge < -0.3 is 14.8 Å². The van der Waals surface area contributed by atoms with Crippen molar-refractivity contribution in [2.45, 2.75) is 63.6 Å². The predicted octanol–water partition coefficient (Wildman–Crippen LogP) is 4.25. The van der Waals surface area contributed by atoms with Gasteiger partial charge in [-0.05, 0) is 43.7 Å². The van der Waals surface area contributed by atoms with Gasteiger partial charge in [-0.1, -0.05) is 12.8 Å². The summed E-state index contributed by atoms with van der Waals surface area (Å²) in [6.07, 6.45) is 9.76. The number of amides is 1. The topological polar surface area (TPSA) is 47.6 Å². The van der Waals surface area contributed by atoms with Gasteiger partial charge in [0.1, 0.15) is 0 Å². The maximum atomic E-state index is 12.1. The van der Waals surface area contributed by atoms with E-state index in [4.69, 9.17) is 9.47 Å². The molecule has 0 aromatic heterocycles. The van der Waals surface area contributed by atoms with Gasteiger partial charge in [0.25, 0.3) is 5.79 Å². The van der Waals surface area contributed by atoms with Gasteiger partial charge >= 0.3 is 0 Å². The van der Waals surface area contributed by atoms with Crippen LogP contribution < -0.4 is 14.8 Å². The molecule has 0 radical (unpaired) electrons. The van der Waals surface area contributed by atoms with Gasteiger partial charge in [0.15, 0.2) is 11.5 Å². The molecule has 2 aliphatic carbocycles. The van der Waals surface area contributed by atoms with Crippen LogP contribution in [0.2, 0.25) is 0 Å². The number of hydrogen-bond donors (Lipinski definition) is 1. The zero-order chi connectivity index (χ0) is 15.0. The van der Waals surface area contributed by atoms with E-state index in [0.717, 1.165) is 42.9 Å². The Morgan fingerprint density at radius 1 is 1.09 bits per heavy atom. The Balaban J connectivity index is 1.41. The standard InChI is InChI=1S/C18H23NO3/c20-17(11-13-5-1-2-6-13)19-14-7-8-15-16(12-14)22-18(21-15)9-3-4-10-18/h7-8,12-13H,1-6,9-11H2,(H,19,20). The molecule has 4 heteroatoms. The van der Waals surface area contributed by atoms with Crippen molar-refractivity contribution < 1.29 is 14.3 Å². The van der Waals surface area contributed by atoms with E-state index in [1.54, 1.807) is 0 Å². The molecular formula is C18H23NO3. The lowest BCUT2D eigenvalue weighted by atomic mass is 10.0. The third-order valence-corrected chi connectivity index (χ3v) is 5.13. The van der Waals surface area contributed by atoms with Gasteiger partial charge in [-0.15, -0.1) is 0 Å². The number of nitrogens with one attached hydrogen (secondary N) is 1. The summed E-state index contributed by atoms with van der Waals surface area (Å²) in [5.41, 5.74) is 0.806. The number of hydrogen-bond acceptors (Lipinski definition) is 3. The summed E-state index contributed by atoms with van der Waals surface area (Å²) in [7, 11) is 0. The van der Waals surface area contributed by atoms with Crippen LogP contribution in [0.15, 0.2) is 18.2 Å². The van der Waals surface area contributed by atoms with Gasteiger partial charge in [0.05, 0.1) is 0 Å². The van der Waals surface area contributed by atoms with E-state index in [1.807, 2.05) is 18.2 Å². The highest BCUT2D eigenvalue weighted by Gasteiger charge is 2.44. The van der Waals surface area contributed by atoms with Crippen LogP contribution in [-0.4, -0.2) is 11.7 Å². The van der Waals surface area contributed by atoms with E-state index in [0.29, 0.717) is 12.3 Å². The minimum absolute atomic E-state index is 0.112. The van der Waals surface area contributed by atoms with Crippen molar-refractivity contribution in [2.75, 3.05) is 5.32 Å². The third-order valence-electron chi connectivity index (χ3n) is 5.13. The molecule has 1 N–H and O–H groups in total. The Morgan fingerprint density at radius 3 is 2.59 bits per heavy atom. The number of carbonyl (C=O) groups excluding carboxylic acids is 1. The molecule has 0 atom stereocenters. The van der Waals surface area contributed by atoms with Crippen LogP contribution in [0.25, 0.3) is 0 Å². The Hall–Kier alpha value is -1.71. The average Bonchev–Trinajstić information content (AvgIpc) is 3.20. The number of fused-ring (bicyclic) bond motifs is 1. The van der Waals surface area contributed by atoms with Crippen molar-refractivity contribution in [3.05, 3.63) is 18.2 Å². The number of anilines is 1. The van der Waals surface area contributed by atoms with Crippen LogP contribution in [-0.2, 0) is 4.79 Å². The van der Waals surface area contributed by atoms with E-state index >= 15 is 0 Å². The molecule has 2 saturated carbocycles. The maximum Gasteiger partial charge on any atom is 0.251 e. The summed E-state index contributed by atoms with van der Waals surface area (Å²) in [5, 5.41) is 3.00. The lowest BCUT2D eigenvalue weighted by Crippen LogP contribution is -2.34. The molecule has 4 rings (SSSR count). The van der Waals surface area contributed by atoms with Gasteiger partial charge in [-0.25, -0.2) is 0 Å². The third kappa shape index (κ3) is 2.67. The number of rotatable bonds is 3. The molecule has 1 aromatic rings. The van der Waals surface area contributed by atoms with Crippen LogP contribution >= 0.6 is 0 Å². The summed E-state index contributed by atoms with van der Waals surface area (Å²) >= 11 is 0. The van der Waals surface area contributed by atoms with Crippen LogP contribution in [0.5, 0.6) is 11.5 Å². The van der Waals surface area contributed by atoms with Crippen LogP contribution in [0.4, 0.5) is 5.69 Å². The fraction of sp³-hybridized carbons (Fsp3) is 0.611. The molecule has 1 heterocycles. The normalized spacial score (nSPS) is 22.4. The van der Waals surface area contributed by atoms with E-state index in [9.17, 15) is 4.79 Å². The fourth-order valence-electron chi connectivity index (χ4n) is 3.98. The zero-order valence-corrected chi connectivity index (χ0v) is 12.9. The second-order valence-electron chi connectivity index (χ2n) is 6.89. The van der Waals surface area contributed by atoms with Gasteiger partial charge in [0.2, 0.25) is 5.91 Å². The zero-order valence-electron chi connectivity index (χ0n) is 12.9. The van der Waals surface area contributed by atoms with Crippen LogP contribution in [0, 0.1) is 5.92 Å². The quantitative estimate of drug-likeness (QED) is 0.908. The second kappa shape index (κ2) is 5.49. The van der Waals surface area contributed by atoms with Crippen LogP contribution in [0.1, 0.15) is 57.8 Å². The summed E-state index contributed by atoms with van der Waals surface area (Å²) < 4.78 is 12.0. The Labute approximate surface area is 131 Å². The first kappa shape index (κ1) is 13.9. The monoisotopic (exact) mass is 301 g/mol. The SMILES string of the molecule is O=C(CC1CCCC1)Nc1ccc2c(c1)OC1(CCCC1)O2. The Bertz CT molecular complexity index is 572. The highest BCUT2D eigenvalue weighted by Crippen LogP contribution is 2.47. The average molecular weight is 301 g/mol. The van der Waals surface area contributed by atoms with Gasteiger partial charge in [-0.3, -0.25) is 4.79 Å². The Kier molecular flexibility index (Phi) is 3.47. The minimum Gasteiger partial charge on any atom is -0.448 e. The highest BCUT2D eigenvalue weighted by molar-refractivity contribution is 5.91. The van der Waals surface area contributed by atoms with E-state index in [-0.39, 0.29) is 5.91 Å². The minimum atomic E-state index is -0.436. The number of ether oxygens (including phenoxy) is 2. The number of carbonyl (C=O) groups is 1. The molecule has 118 valence electrons. The van der Waals surface area contributed by atoms with Crippen molar-refractivity contribution in [3.63, 3.8) is 0 Å². The predicted molar refractivity (Wildman–Crippen MR) is 84.1 cm³/mol. The Morgan fingerprint density at radius 2 is 1.82 bits per heavy atom. The van der Waals surface area contributed by atoms with Crippen LogP contribution in [0.3, 0.4) is 0 Å². The first-order valence-electron chi connectivity index (χ1n) is 8.54. The summed E-state index contributed by atoms with van der Waals surface area (Å²) in [6, 6.07) is 5.71. The highest BCUT2D eigenvalue weighted by atomic mass is 16.7. The van der Waals surface area contributed by atoms with Crippen molar-refractivity contribution in [3.8, 4) is 11.5 Å². The van der Waals surface area contributed by atoms with Gasteiger partial charge in [-0.2, -0.15) is 0 Å². The molecule has 4 nitrogen and oxygen atoms in total. The molecule has 1 aliphatic heterocycles.